The van der Waals surface area contributed by atoms with Gasteiger partial charge in [0.05, 0.1) is 28.0 Å². The molecular weight excluding hydrogens is 345 g/mol. The van der Waals surface area contributed by atoms with E-state index < -0.39 is 23.1 Å². The summed E-state index contributed by atoms with van der Waals surface area (Å²) in [6.45, 7) is 0. The predicted molar refractivity (Wildman–Crippen MR) is 74.0 cm³/mol. The van der Waals surface area contributed by atoms with E-state index in [1.54, 1.807) is 0 Å². The largest absolute Gasteiger partial charge is 1.00 e. The number of nitro benzene ring substituents is 1. The number of carboxylic acid groups (broad SMARTS) is 1. The van der Waals surface area contributed by atoms with Gasteiger partial charge < -0.3 is 20.1 Å². The number of hydrogen-bond acceptors (Lipinski definition) is 8. The second-order valence-electron chi connectivity index (χ2n) is 3.83. The number of nitro groups is 1. The van der Waals surface area contributed by atoms with Crippen LogP contribution in [0.4, 0.5) is 5.69 Å². The van der Waals surface area contributed by atoms with E-state index in [2.05, 4.69) is 12.6 Å². The molecule has 1 aromatic carbocycles. The zero-order valence-corrected chi connectivity index (χ0v) is 16.0. The number of carbonyl (C=O) groups excluding carboxylic acids is 1. The van der Waals surface area contributed by atoms with Crippen molar-refractivity contribution in [2.45, 2.75) is 17.1 Å². The molecule has 0 fully saturated rings. The second-order valence-corrected chi connectivity index (χ2v) is 5.22. The van der Waals surface area contributed by atoms with Gasteiger partial charge >= 0.3 is 51.4 Å². The van der Waals surface area contributed by atoms with Gasteiger partial charge in [-0.15, -0.1) is 11.8 Å². The minimum Gasteiger partial charge on any atom is -0.545 e. The van der Waals surface area contributed by atoms with Crippen LogP contribution in [-0.2, 0) is 0 Å². The molecule has 0 aliphatic heterocycles. The van der Waals surface area contributed by atoms with E-state index in [4.69, 9.17) is 0 Å². The van der Waals surface area contributed by atoms with E-state index >= 15 is 0 Å². The third-order valence-corrected chi connectivity index (χ3v) is 4.04. The molecule has 1 aromatic rings. The van der Waals surface area contributed by atoms with Crippen molar-refractivity contribution in [2.24, 2.45) is 0 Å². The summed E-state index contributed by atoms with van der Waals surface area (Å²) in [6, 6.07) is 3.59. The predicted octanol–water partition coefficient (Wildman–Crippen LogP) is -3.29. The fourth-order valence-corrected chi connectivity index (χ4v) is 2.78. The smallest absolute Gasteiger partial charge is 0.545 e. The summed E-state index contributed by atoms with van der Waals surface area (Å²) < 4.78 is 0. The van der Waals surface area contributed by atoms with Gasteiger partial charge in [-0.25, -0.2) is 0 Å². The van der Waals surface area contributed by atoms with Crippen LogP contribution in [0.3, 0.4) is 0 Å². The van der Waals surface area contributed by atoms with Crippen molar-refractivity contribution in [2.75, 3.05) is 11.5 Å². The van der Waals surface area contributed by atoms with Gasteiger partial charge in [-0.1, -0.05) is 12.1 Å². The first-order valence-corrected chi connectivity index (χ1v) is 7.08. The van der Waals surface area contributed by atoms with Crippen LogP contribution in [0, 0.1) is 10.1 Å². The van der Waals surface area contributed by atoms with Gasteiger partial charge in [0.2, 0.25) is 0 Å². The quantitative estimate of drug-likeness (QED) is 0.154. The number of thiol groups is 1. The fourth-order valence-electron chi connectivity index (χ4n) is 1.38. The van der Waals surface area contributed by atoms with Crippen LogP contribution in [0.2, 0.25) is 0 Å². The first kappa shape index (κ1) is 21.3. The number of aliphatic hydroxyl groups excluding tert-OH is 2. The molecule has 0 radical (unpaired) electrons. The molecule has 0 bridgehead atoms. The van der Waals surface area contributed by atoms with E-state index in [1.807, 2.05) is 0 Å². The number of thioether (sulfide) groups is 1. The molecular formula is C11H12KNO6S2. The van der Waals surface area contributed by atoms with E-state index in [0.29, 0.717) is 0 Å². The average molecular weight is 357 g/mol. The average Bonchev–Trinajstić information content (AvgIpc) is 2.42. The Bertz CT molecular complexity index is 483. The number of carbonyl (C=O) groups is 1. The van der Waals surface area contributed by atoms with Crippen LogP contribution >= 0.6 is 24.4 Å². The number of aromatic carboxylic acids is 1. The normalized spacial score (nSPS) is 13.1. The number of carboxylic acids is 1. The summed E-state index contributed by atoms with van der Waals surface area (Å²) in [5.41, 5.74) is -0.707. The molecule has 7 nitrogen and oxygen atoms in total. The third-order valence-electron chi connectivity index (χ3n) is 2.44. The van der Waals surface area contributed by atoms with Crippen LogP contribution < -0.4 is 56.5 Å². The fraction of sp³-hybridized carbons (Fsp3) is 0.364. The van der Waals surface area contributed by atoms with E-state index in [9.17, 15) is 30.2 Å². The molecule has 2 unspecified atom stereocenters. The zero-order valence-electron chi connectivity index (χ0n) is 11.1. The Kier molecular flexibility index (Phi) is 10.4. The first-order chi connectivity index (χ1) is 9.38. The van der Waals surface area contributed by atoms with Crippen molar-refractivity contribution in [3.63, 3.8) is 0 Å². The van der Waals surface area contributed by atoms with Gasteiger partial charge in [-0.3, -0.25) is 10.1 Å². The Balaban J connectivity index is 0.00000400. The molecule has 0 aliphatic rings. The van der Waals surface area contributed by atoms with Crippen LogP contribution in [0.1, 0.15) is 10.4 Å². The SMILES string of the molecule is O=C([O-])c1cccc([N+](=O)[O-])c1SCC(O)C(O)CS.[K+]. The molecule has 0 heterocycles. The molecule has 0 aromatic heterocycles. The summed E-state index contributed by atoms with van der Waals surface area (Å²) in [6.07, 6.45) is -2.27. The van der Waals surface area contributed by atoms with Crippen molar-refractivity contribution in [3.8, 4) is 0 Å². The summed E-state index contributed by atoms with van der Waals surface area (Å²) in [4.78, 5) is 21.0. The zero-order chi connectivity index (χ0) is 15.3. The second kappa shape index (κ2) is 10.2. The van der Waals surface area contributed by atoms with Gasteiger partial charge in [0.25, 0.3) is 5.69 Å². The molecule has 0 spiro atoms. The summed E-state index contributed by atoms with van der Waals surface area (Å²) in [7, 11) is 0. The minimum absolute atomic E-state index is 0. The molecule has 0 saturated carbocycles. The van der Waals surface area contributed by atoms with Crippen molar-refractivity contribution >= 4 is 36.0 Å². The van der Waals surface area contributed by atoms with E-state index in [-0.39, 0.29) is 79.0 Å². The molecule has 10 heteroatoms. The molecule has 21 heavy (non-hydrogen) atoms. The molecule has 2 atom stereocenters. The third kappa shape index (κ3) is 6.16. The Hall–Kier alpha value is 0.346. The van der Waals surface area contributed by atoms with Crippen molar-refractivity contribution < 1.29 is 76.4 Å². The monoisotopic (exact) mass is 357 g/mol. The van der Waals surface area contributed by atoms with E-state index in [0.717, 1.165) is 17.8 Å². The number of aliphatic hydroxyl groups is 2. The van der Waals surface area contributed by atoms with Crippen molar-refractivity contribution in [1.29, 1.82) is 0 Å². The van der Waals surface area contributed by atoms with Gasteiger partial charge in [-0.05, 0) is 0 Å². The molecule has 0 saturated heterocycles. The molecule has 0 amide bonds. The molecule has 2 N–H and O–H groups in total. The van der Waals surface area contributed by atoms with Gasteiger partial charge in [-0.2, -0.15) is 12.6 Å². The van der Waals surface area contributed by atoms with Crippen LogP contribution in [-0.4, -0.2) is 44.8 Å². The Labute approximate surface area is 173 Å². The maximum atomic E-state index is 11.0. The van der Waals surface area contributed by atoms with Crippen LogP contribution in [0.15, 0.2) is 23.1 Å². The number of nitrogens with zero attached hydrogens (tertiary/aromatic N) is 1. The Morgan fingerprint density at radius 2 is 2.00 bits per heavy atom. The minimum atomic E-state index is -1.54. The van der Waals surface area contributed by atoms with Gasteiger partial charge in [0.15, 0.2) is 0 Å². The van der Waals surface area contributed by atoms with Crippen molar-refractivity contribution in [1.82, 2.24) is 0 Å². The molecule has 0 aliphatic carbocycles. The van der Waals surface area contributed by atoms with Crippen LogP contribution in [0.5, 0.6) is 0 Å². The van der Waals surface area contributed by atoms with Crippen molar-refractivity contribution in [3.05, 3.63) is 33.9 Å². The topological polar surface area (TPSA) is 124 Å². The maximum Gasteiger partial charge on any atom is 1.00 e. The number of benzene rings is 1. The standard InChI is InChI=1S/C11H13NO6S2.K/c13-8(4-19)9(14)5-20-10-6(11(15)16)2-1-3-7(10)12(17)18;/h1-3,8-9,13-14,19H,4-5H2,(H,15,16);/q;+1/p-1. The molecule has 110 valence electrons. The van der Waals surface area contributed by atoms with Crippen LogP contribution in [0.25, 0.3) is 0 Å². The first-order valence-electron chi connectivity index (χ1n) is 5.47. The van der Waals surface area contributed by atoms with Gasteiger partial charge in [0.1, 0.15) is 0 Å². The number of rotatable bonds is 7. The van der Waals surface area contributed by atoms with E-state index in [1.165, 1.54) is 12.1 Å². The summed E-state index contributed by atoms with van der Waals surface area (Å²) in [5.74, 6) is -1.63. The van der Waals surface area contributed by atoms with Gasteiger partial charge in [0, 0.05) is 23.1 Å². The summed E-state index contributed by atoms with van der Waals surface area (Å²) >= 11 is 4.59. The summed E-state index contributed by atoms with van der Waals surface area (Å²) in [5, 5.41) is 40.8. The number of hydrogen-bond donors (Lipinski definition) is 3. The Morgan fingerprint density at radius 3 is 2.48 bits per heavy atom. The maximum absolute atomic E-state index is 11.0. The molecule has 1 rings (SSSR count). The Morgan fingerprint density at radius 1 is 1.38 bits per heavy atom.